The van der Waals surface area contributed by atoms with Gasteiger partial charge in [-0.25, -0.2) is 0 Å². The zero-order chi connectivity index (χ0) is 15.0. The van der Waals surface area contributed by atoms with E-state index in [1.165, 1.54) is 0 Å². The largest absolute Gasteiger partial charge is 0.325 e. The van der Waals surface area contributed by atoms with E-state index in [9.17, 15) is 20.2 Å². The van der Waals surface area contributed by atoms with Crippen LogP contribution in [0.4, 0.5) is 11.4 Å². The van der Waals surface area contributed by atoms with Gasteiger partial charge < -0.3 is 4.55 Å². The molecule has 0 saturated heterocycles. The summed E-state index contributed by atoms with van der Waals surface area (Å²) < 4.78 is 8.75. The summed E-state index contributed by atoms with van der Waals surface area (Å²) in [6.45, 7) is 0. The molecule has 19 heavy (non-hydrogen) atoms. The van der Waals surface area contributed by atoms with Gasteiger partial charge in [0.1, 0.15) is 10.2 Å². The van der Waals surface area contributed by atoms with Crippen molar-refractivity contribution in [1.82, 2.24) is 0 Å². The predicted octanol–water partition coefficient (Wildman–Crippen LogP) is 3.20. The van der Waals surface area contributed by atoms with Crippen LogP contribution in [0.25, 0.3) is 0 Å². The van der Waals surface area contributed by atoms with Crippen molar-refractivity contribution in [3.63, 3.8) is 0 Å². The Bertz CT molecular complexity index is 472. The van der Waals surface area contributed by atoms with Crippen LogP contribution in [0.2, 0.25) is 0 Å². The summed E-state index contributed by atoms with van der Waals surface area (Å²) in [6.07, 6.45) is 4.12. The first-order valence-electron chi connectivity index (χ1n) is 4.50. The molecule has 0 aliphatic heterocycles. The fourth-order valence-corrected chi connectivity index (χ4v) is 1.97. The highest BCUT2D eigenvalue weighted by atomic mass is 33.1. The van der Waals surface area contributed by atoms with Crippen LogP contribution in [-0.2, 0) is 0 Å². The molecule has 0 aromatic heterocycles. The molecule has 1 unspecified atom stereocenters. The fraction of sp³-hybridized carbons (Fsp3) is 0.250. The molecule has 0 saturated carbocycles. The van der Waals surface area contributed by atoms with Crippen molar-refractivity contribution in [1.29, 1.82) is 0 Å². The highest BCUT2D eigenvalue weighted by Crippen LogP contribution is 2.30. The molecular weight excluding hydrogens is 331 g/mol. The quantitative estimate of drug-likeness (QED) is 0.292. The maximum absolute atomic E-state index is 10.6. The van der Waals surface area contributed by atoms with Gasteiger partial charge in [-0.15, -0.1) is 0 Å². The van der Waals surface area contributed by atoms with E-state index < -0.39 is 15.5 Å². The molecule has 0 fully saturated rings. The van der Waals surface area contributed by atoms with Crippen molar-refractivity contribution >= 4 is 59.5 Å². The summed E-state index contributed by atoms with van der Waals surface area (Å²) in [5, 5.41) is 21.0. The van der Waals surface area contributed by atoms with Crippen LogP contribution >= 0.6 is 42.9 Å². The van der Waals surface area contributed by atoms with E-state index in [2.05, 4.69) is 12.5 Å². The van der Waals surface area contributed by atoms with Crippen LogP contribution in [0.1, 0.15) is 0 Å². The first-order chi connectivity index (χ1) is 8.90. The molecular formula is C8H11N2O5PS3. The smallest absolute Gasteiger partial charge is 0.299 e. The number of hydrogen-bond donors (Lipinski definition) is 1. The van der Waals surface area contributed by atoms with Gasteiger partial charge in [-0.2, -0.15) is 0 Å². The first kappa shape index (κ1) is 18.5. The standard InChI is InChI=1S/C6H5N2O5PS.C2H6S2/c9-7(10)3-1-2-4(15-13)5(6(3)14)8(11)12;1-3-4-2/h1-2,13H,14H2;1-2H3. The van der Waals surface area contributed by atoms with Crippen molar-refractivity contribution in [3.8, 4) is 0 Å². The minimum absolute atomic E-state index is 0.0319. The molecule has 11 heteroatoms. The maximum Gasteiger partial charge on any atom is 0.299 e. The number of nitro groups is 2. The first-order valence-corrected chi connectivity index (χ1v) is 8.81. The van der Waals surface area contributed by atoms with Crippen LogP contribution in [0, 0.1) is 20.2 Å². The second-order valence-electron chi connectivity index (χ2n) is 2.78. The molecule has 0 bridgehead atoms. The van der Waals surface area contributed by atoms with E-state index in [0.717, 1.165) is 12.1 Å². The molecule has 0 radical (unpaired) electrons. The van der Waals surface area contributed by atoms with E-state index in [4.69, 9.17) is 4.55 Å². The number of benzene rings is 1. The number of hydrogen-bond acceptors (Lipinski definition) is 8. The zero-order valence-electron chi connectivity index (χ0n) is 9.93. The average molecular weight is 342 g/mol. The van der Waals surface area contributed by atoms with Gasteiger partial charge in [-0.3, -0.25) is 20.2 Å². The van der Waals surface area contributed by atoms with Gasteiger partial charge in [0, 0.05) is 18.1 Å². The molecule has 0 amide bonds. The summed E-state index contributed by atoms with van der Waals surface area (Å²) >= 11 is 0.181. The third-order valence-corrected chi connectivity index (χ3v) is 4.23. The Kier molecular flexibility index (Phi) is 9.11. The summed E-state index contributed by atoms with van der Waals surface area (Å²) in [5.41, 5.74) is -0.841. The lowest BCUT2D eigenvalue weighted by Crippen LogP contribution is -2.08. The topological polar surface area (TPSA) is 107 Å². The Morgan fingerprint density at radius 1 is 1.16 bits per heavy atom. The van der Waals surface area contributed by atoms with Crippen LogP contribution in [-0.4, -0.2) is 26.9 Å². The molecule has 0 spiro atoms. The molecule has 1 aromatic carbocycles. The highest BCUT2D eigenvalue weighted by molar-refractivity contribution is 8.76. The monoisotopic (exact) mass is 342 g/mol. The lowest BCUT2D eigenvalue weighted by molar-refractivity contribution is -0.393. The molecule has 0 aliphatic rings. The number of nitrogens with zero attached hydrogens (tertiary/aromatic N) is 2. The molecule has 0 aliphatic carbocycles. The van der Waals surface area contributed by atoms with Gasteiger partial charge >= 0.3 is 0 Å². The van der Waals surface area contributed by atoms with Gasteiger partial charge in [-0.1, -0.05) is 30.8 Å². The van der Waals surface area contributed by atoms with Crippen molar-refractivity contribution in [2.75, 3.05) is 12.5 Å². The zero-order valence-corrected chi connectivity index (χ0v) is 13.5. The Morgan fingerprint density at radius 3 is 2.00 bits per heavy atom. The average Bonchev–Trinajstić information content (AvgIpc) is 2.37. The van der Waals surface area contributed by atoms with E-state index in [-0.39, 0.29) is 27.9 Å². The number of nitro benzene ring substituents is 2. The van der Waals surface area contributed by atoms with Crippen molar-refractivity contribution < 1.29 is 14.4 Å². The second-order valence-corrected chi connectivity index (χ2v) is 6.65. The van der Waals surface area contributed by atoms with Gasteiger partial charge in [0.05, 0.1) is 9.85 Å². The van der Waals surface area contributed by atoms with Gasteiger partial charge in [0.2, 0.25) is 0 Å². The normalized spacial score (nSPS) is 9.47. The minimum Gasteiger partial charge on any atom is -0.325 e. The lowest BCUT2D eigenvalue weighted by Gasteiger charge is -2.01. The highest BCUT2D eigenvalue weighted by Gasteiger charge is 2.25. The summed E-state index contributed by atoms with van der Waals surface area (Å²) in [4.78, 5) is 19.6. The number of rotatable bonds is 4. The van der Waals surface area contributed by atoms with Gasteiger partial charge in [0.25, 0.3) is 11.4 Å². The minimum atomic E-state index is -0.770. The molecule has 0 heterocycles. The Labute approximate surface area is 124 Å². The Morgan fingerprint density at radius 2 is 1.68 bits per heavy atom. The van der Waals surface area contributed by atoms with E-state index in [1.807, 2.05) is 9.24 Å². The summed E-state index contributed by atoms with van der Waals surface area (Å²) in [6, 6.07) is 2.24. The molecule has 106 valence electrons. The van der Waals surface area contributed by atoms with Crippen LogP contribution in [0.15, 0.2) is 17.0 Å². The molecule has 7 nitrogen and oxygen atoms in total. The van der Waals surface area contributed by atoms with Crippen LogP contribution in [0.5, 0.6) is 0 Å². The SMILES string of the molecule is CSSC.O=[N+]([O-])c1ccc(SO)c([N+](=O)[O-])c1P. The lowest BCUT2D eigenvalue weighted by atomic mass is 10.3. The predicted molar refractivity (Wildman–Crippen MR) is 84.6 cm³/mol. The van der Waals surface area contributed by atoms with Gasteiger partial charge in [-0.05, 0) is 18.6 Å². The summed E-state index contributed by atoms with van der Waals surface area (Å²) in [7, 11) is 5.48. The van der Waals surface area contributed by atoms with E-state index >= 15 is 0 Å². The van der Waals surface area contributed by atoms with Crippen LogP contribution < -0.4 is 5.30 Å². The third-order valence-electron chi connectivity index (χ3n) is 1.80. The second kappa shape index (κ2) is 9.38. The fourth-order valence-electron chi connectivity index (χ4n) is 0.999. The maximum atomic E-state index is 10.6. The van der Waals surface area contributed by atoms with Gasteiger partial charge in [0.15, 0.2) is 0 Å². The third kappa shape index (κ3) is 5.53. The summed E-state index contributed by atoms with van der Waals surface area (Å²) in [5.74, 6) is 0. The molecule has 1 atom stereocenters. The van der Waals surface area contributed by atoms with Crippen molar-refractivity contribution in [2.24, 2.45) is 0 Å². The van der Waals surface area contributed by atoms with E-state index in [0.29, 0.717) is 0 Å². The molecule has 1 rings (SSSR count). The van der Waals surface area contributed by atoms with Crippen LogP contribution in [0.3, 0.4) is 0 Å². The Hall–Kier alpha value is -0.540. The molecule has 1 N–H and O–H groups in total. The Balaban J connectivity index is 0.000000711. The van der Waals surface area contributed by atoms with E-state index in [1.54, 1.807) is 21.6 Å². The van der Waals surface area contributed by atoms with Crippen molar-refractivity contribution in [2.45, 2.75) is 4.90 Å². The molecule has 1 aromatic rings. The van der Waals surface area contributed by atoms with Crippen molar-refractivity contribution in [3.05, 3.63) is 32.4 Å².